The highest BCUT2D eigenvalue weighted by Gasteiger charge is 2.24. The summed E-state index contributed by atoms with van der Waals surface area (Å²) in [6.45, 7) is 2.69. The van der Waals surface area contributed by atoms with Gasteiger partial charge in [-0.2, -0.15) is 0 Å². The first-order valence-electron chi connectivity index (χ1n) is 4.53. The Balaban J connectivity index is 2.82. The molecule has 0 bridgehead atoms. The van der Waals surface area contributed by atoms with Crippen molar-refractivity contribution in [1.29, 1.82) is 0 Å². The number of rotatable bonds is 4. The van der Waals surface area contributed by atoms with Crippen molar-refractivity contribution >= 4 is 5.78 Å². The second kappa shape index (κ2) is 4.52. The summed E-state index contributed by atoms with van der Waals surface area (Å²) in [4.78, 5) is 17.2. The lowest BCUT2D eigenvalue weighted by molar-refractivity contribution is -0.0546. The van der Waals surface area contributed by atoms with Crippen LogP contribution in [-0.4, -0.2) is 43.3 Å². The van der Waals surface area contributed by atoms with Crippen LogP contribution in [-0.2, 0) is 0 Å². The number of carbonyl (C=O) groups excluding carboxylic acids is 1. The molecule has 0 saturated heterocycles. The van der Waals surface area contributed by atoms with Gasteiger partial charge in [-0.25, -0.2) is 4.98 Å². The van der Waals surface area contributed by atoms with Crippen LogP contribution >= 0.6 is 0 Å². The maximum atomic E-state index is 10.9. The number of carbonyl (C=O) groups is 1. The third kappa shape index (κ3) is 2.62. The molecule has 1 aromatic rings. The summed E-state index contributed by atoms with van der Waals surface area (Å²) in [5.41, 5.74) is 0.202. The summed E-state index contributed by atoms with van der Waals surface area (Å²) < 4.78 is 0. The van der Waals surface area contributed by atoms with Crippen molar-refractivity contribution in [3.63, 3.8) is 0 Å². The lowest BCUT2D eigenvalue weighted by atomic mass is 10.1. The maximum Gasteiger partial charge on any atom is 0.194 e. The highest BCUT2D eigenvalue weighted by molar-refractivity contribution is 5.90. The molecule has 0 fully saturated rings. The lowest BCUT2D eigenvalue weighted by Crippen LogP contribution is -2.29. The summed E-state index contributed by atoms with van der Waals surface area (Å²) in [6.07, 6.45) is -2.41. The number of nitrogens with one attached hydrogen (secondary N) is 1. The zero-order valence-electron chi connectivity index (χ0n) is 8.51. The minimum Gasteiger partial charge on any atom is -0.391 e. The predicted molar refractivity (Wildman–Crippen MR) is 51.2 cm³/mol. The van der Waals surface area contributed by atoms with Crippen LogP contribution in [0.15, 0.2) is 6.20 Å². The molecule has 0 radical (unpaired) electrons. The fourth-order valence-corrected chi connectivity index (χ4v) is 1.11. The van der Waals surface area contributed by atoms with E-state index in [-0.39, 0.29) is 17.3 Å². The number of hydrogen-bond acceptors (Lipinski definition) is 5. The van der Waals surface area contributed by atoms with E-state index in [2.05, 4.69) is 9.97 Å². The van der Waals surface area contributed by atoms with E-state index < -0.39 is 18.3 Å². The maximum absolute atomic E-state index is 10.9. The van der Waals surface area contributed by atoms with Crippen molar-refractivity contribution in [1.82, 2.24) is 9.97 Å². The number of ketones is 1. The number of H-pyrrole nitrogens is 1. The van der Waals surface area contributed by atoms with Gasteiger partial charge >= 0.3 is 0 Å². The van der Waals surface area contributed by atoms with Crippen LogP contribution in [0.1, 0.15) is 36.3 Å². The average Bonchev–Trinajstić information content (AvgIpc) is 2.64. The molecule has 84 valence electrons. The van der Waals surface area contributed by atoms with Crippen LogP contribution in [0, 0.1) is 0 Å². The number of aromatic amines is 1. The number of aliphatic hydroxyl groups is 3. The number of nitrogens with zero attached hydrogens (tertiary/aromatic N) is 1. The Bertz CT molecular complexity index is 348. The molecule has 0 aliphatic carbocycles. The zero-order valence-corrected chi connectivity index (χ0v) is 8.51. The fourth-order valence-electron chi connectivity index (χ4n) is 1.11. The smallest absolute Gasteiger partial charge is 0.194 e. The van der Waals surface area contributed by atoms with Crippen molar-refractivity contribution in [3.8, 4) is 0 Å². The van der Waals surface area contributed by atoms with E-state index in [1.54, 1.807) is 0 Å². The van der Waals surface area contributed by atoms with Gasteiger partial charge in [0.1, 0.15) is 12.2 Å². The molecule has 3 unspecified atom stereocenters. The van der Waals surface area contributed by atoms with Crippen LogP contribution in [0.4, 0.5) is 0 Å². The van der Waals surface area contributed by atoms with Crippen LogP contribution in [0.2, 0.25) is 0 Å². The van der Waals surface area contributed by atoms with Gasteiger partial charge in [0.15, 0.2) is 11.6 Å². The highest BCUT2D eigenvalue weighted by atomic mass is 16.4. The lowest BCUT2D eigenvalue weighted by Gasteiger charge is -2.18. The SMILES string of the molecule is CC(=O)c1ncc(C(O)C(O)C(C)O)[nH]1. The topological polar surface area (TPSA) is 106 Å². The molecule has 0 aliphatic heterocycles. The normalized spacial score (nSPS) is 17.1. The summed E-state index contributed by atoms with van der Waals surface area (Å²) in [6, 6.07) is 0. The molecule has 0 amide bonds. The Labute approximate surface area is 86.6 Å². The first kappa shape index (κ1) is 11.8. The first-order chi connectivity index (χ1) is 6.93. The van der Waals surface area contributed by atoms with E-state index in [9.17, 15) is 15.0 Å². The van der Waals surface area contributed by atoms with Crippen LogP contribution in [0.25, 0.3) is 0 Å². The molecule has 1 heterocycles. The highest BCUT2D eigenvalue weighted by Crippen LogP contribution is 2.17. The van der Waals surface area contributed by atoms with E-state index in [4.69, 9.17) is 5.11 Å². The van der Waals surface area contributed by atoms with Gasteiger partial charge in [0.2, 0.25) is 0 Å². The summed E-state index contributed by atoms with van der Waals surface area (Å²) in [5.74, 6) is -0.151. The van der Waals surface area contributed by atoms with Crippen molar-refractivity contribution in [2.45, 2.75) is 32.2 Å². The Hall–Kier alpha value is -1.24. The second-order valence-electron chi connectivity index (χ2n) is 3.42. The van der Waals surface area contributed by atoms with Gasteiger partial charge in [-0.15, -0.1) is 0 Å². The summed E-state index contributed by atoms with van der Waals surface area (Å²) in [7, 11) is 0. The number of hydrogen-bond donors (Lipinski definition) is 4. The molecule has 0 saturated carbocycles. The molecular formula is C9H14N2O4. The molecule has 4 N–H and O–H groups in total. The summed E-state index contributed by atoms with van der Waals surface area (Å²) in [5, 5.41) is 28.0. The monoisotopic (exact) mass is 214 g/mol. The largest absolute Gasteiger partial charge is 0.391 e. The Morgan fingerprint density at radius 1 is 1.47 bits per heavy atom. The Kier molecular flexibility index (Phi) is 3.57. The molecule has 15 heavy (non-hydrogen) atoms. The number of Topliss-reactive ketones (excluding diaryl/α,β-unsaturated/α-hetero) is 1. The van der Waals surface area contributed by atoms with E-state index in [0.717, 1.165) is 0 Å². The Morgan fingerprint density at radius 3 is 2.47 bits per heavy atom. The summed E-state index contributed by atoms with van der Waals surface area (Å²) >= 11 is 0. The van der Waals surface area contributed by atoms with E-state index in [1.807, 2.05) is 0 Å². The molecule has 0 spiro atoms. The third-order valence-corrected chi connectivity index (χ3v) is 2.07. The zero-order chi connectivity index (χ0) is 11.6. The minimum atomic E-state index is -1.31. The van der Waals surface area contributed by atoms with Gasteiger partial charge in [-0.3, -0.25) is 4.79 Å². The third-order valence-electron chi connectivity index (χ3n) is 2.07. The van der Waals surface area contributed by atoms with Gasteiger partial charge in [-0.05, 0) is 6.92 Å². The van der Waals surface area contributed by atoms with E-state index in [1.165, 1.54) is 20.0 Å². The van der Waals surface area contributed by atoms with Gasteiger partial charge in [0.05, 0.1) is 18.0 Å². The molecule has 1 rings (SSSR count). The van der Waals surface area contributed by atoms with Crippen LogP contribution < -0.4 is 0 Å². The molecule has 1 aromatic heterocycles. The van der Waals surface area contributed by atoms with Crippen molar-refractivity contribution in [3.05, 3.63) is 17.7 Å². The average molecular weight is 214 g/mol. The van der Waals surface area contributed by atoms with Gasteiger partial charge in [0, 0.05) is 6.92 Å². The number of imidazole rings is 1. The van der Waals surface area contributed by atoms with Gasteiger partial charge in [-0.1, -0.05) is 0 Å². The molecule has 0 aromatic carbocycles. The molecule has 6 nitrogen and oxygen atoms in total. The van der Waals surface area contributed by atoms with Crippen LogP contribution in [0.3, 0.4) is 0 Å². The van der Waals surface area contributed by atoms with Crippen molar-refractivity contribution in [2.24, 2.45) is 0 Å². The first-order valence-corrected chi connectivity index (χ1v) is 4.53. The molecule has 0 aliphatic rings. The molecular weight excluding hydrogens is 200 g/mol. The van der Waals surface area contributed by atoms with Gasteiger partial charge < -0.3 is 20.3 Å². The van der Waals surface area contributed by atoms with Gasteiger partial charge in [0.25, 0.3) is 0 Å². The van der Waals surface area contributed by atoms with E-state index in [0.29, 0.717) is 0 Å². The number of aliphatic hydroxyl groups excluding tert-OH is 3. The molecule has 6 heteroatoms. The standard InChI is InChI=1S/C9H14N2O4/c1-4(12)7(14)8(15)6-3-10-9(11-6)5(2)13/h3-4,7-8,12,14-15H,1-2H3,(H,10,11). The fraction of sp³-hybridized carbons (Fsp3) is 0.556. The molecule has 3 atom stereocenters. The van der Waals surface area contributed by atoms with E-state index >= 15 is 0 Å². The second-order valence-corrected chi connectivity index (χ2v) is 3.42. The number of aromatic nitrogens is 2. The van der Waals surface area contributed by atoms with Crippen molar-refractivity contribution in [2.75, 3.05) is 0 Å². The predicted octanol–water partition coefficient (Wildman–Crippen LogP) is -0.613. The quantitative estimate of drug-likeness (QED) is 0.500. The van der Waals surface area contributed by atoms with Crippen LogP contribution in [0.5, 0.6) is 0 Å². The Morgan fingerprint density at radius 2 is 2.07 bits per heavy atom. The minimum absolute atomic E-state index is 0.113. The van der Waals surface area contributed by atoms with Crippen molar-refractivity contribution < 1.29 is 20.1 Å².